The number of benzene rings is 1. The molecule has 4 amide bonds. The van der Waals surface area contributed by atoms with Gasteiger partial charge in [-0.2, -0.15) is 0 Å². The van der Waals surface area contributed by atoms with Crippen molar-refractivity contribution < 1.29 is 37.1 Å². The van der Waals surface area contributed by atoms with E-state index in [4.69, 9.17) is 9.47 Å². The highest BCUT2D eigenvalue weighted by molar-refractivity contribution is 7.91. The number of rotatable bonds is 7. The van der Waals surface area contributed by atoms with Crippen LogP contribution in [0.4, 0.5) is 4.79 Å². The van der Waals surface area contributed by atoms with Gasteiger partial charge in [-0.1, -0.05) is 57.2 Å². The number of nitrogens with one attached hydrogen (secondary N) is 3. The van der Waals surface area contributed by atoms with E-state index in [1.165, 1.54) is 4.90 Å². The number of nitrogens with zero attached hydrogens (tertiary/aromatic N) is 2. The third-order valence-corrected chi connectivity index (χ3v) is 14.5. The Bertz CT molecular complexity index is 1990. The molecule has 14 nitrogen and oxygen atoms in total. The summed E-state index contributed by atoms with van der Waals surface area (Å²) in [5.41, 5.74) is -1.61. The molecule has 3 N–H and O–H groups in total. The lowest BCUT2D eigenvalue weighted by Crippen LogP contribution is -2.59. The molecule has 2 bridgehead atoms. The summed E-state index contributed by atoms with van der Waals surface area (Å²) in [7, 11) is -3.87. The fourth-order valence-corrected chi connectivity index (χ4v) is 10.5. The lowest BCUT2D eigenvalue weighted by molar-refractivity contribution is -0.142. The highest BCUT2D eigenvalue weighted by atomic mass is 32.2. The Hall–Kier alpha value is -4.14. The molecule has 6 aliphatic rings. The number of ether oxygens (including phenoxy) is 2. The molecule has 8 rings (SSSR count). The molecule has 2 aliphatic heterocycles. The third-order valence-electron chi connectivity index (χ3n) is 12.6. The number of amides is 4. The molecule has 292 valence electrons. The summed E-state index contributed by atoms with van der Waals surface area (Å²) in [6.07, 6.45) is 7.74. The Labute approximate surface area is 315 Å². The van der Waals surface area contributed by atoms with Crippen molar-refractivity contribution in [1.82, 2.24) is 24.8 Å². The minimum atomic E-state index is -3.87. The lowest BCUT2D eigenvalue weighted by atomic mass is 9.96. The van der Waals surface area contributed by atoms with Crippen LogP contribution in [0.25, 0.3) is 10.8 Å². The molecule has 1 saturated heterocycles. The quantitative estimate of drug-likeness (QED) is 0.380. The van der Waals surface area contributed by atoms with Gasteiger partial charge in [0.2, 0.25) is 21.8 Å². The number of carbonyl (C=O) groups excluding carboxylic acids is 4. The topological polar surface area (TPSA) is 182 Å². The van der Waals surface area contributed by atoms with E-state index < -0.39 is 62.8 Å². The van der Waals surface area contributed by atoms with Crippen molar-refractivity contribution in [1.29, 1.82) is 0 Å². The maximum Gasteiger partial charge on any atom is 0.408 e. The molecule has 0 spiro atoms. The second-order valence-corrected chi connectivity index (χ2v) is 18.4. The van der Waals surface area contributed by atoms with Crippen LogP contribution < -0.4 is 25.7 Å². The minimum absolute atomic E-state index is 0.00491. The van der Waals surface area contributed by atoms with Crippen LogP contribution in [0.2, 0.25) is 0 Å². The number of pyridine rings is 1. The summed E-state index contributed by atoms with van der Waals surface area (Å²) in [5.74, 6) is -1.63. The number of hydrogen-bond acceptors (Lipinski definition) is 9. The molecule has 1 aromatic carbocycles. The van der Waals surface area contributed by atoms with Gasteiger partial charge in [0.05, 0.1) is 11.8 Å². The molecule has 4 saturated carbocycles. The molecule has 3 heterocycles. The predicted molar refractivity (Wildman–Crippen MR) is 198 cm³/mol. The van der Waals surface area contributed by atoms with Crippen LogP contribution in [-0.4, -0.2) is 83.3 Å². The van der Waals surface area contributed by atoms with Crippen molar-refractivity contribution in [3.63, 3.8) is 0 Å². The van der Waals surface area contributed by atoms with Gasteiger partial charge in [-0.3, -0.25) is 28.5 Å². The van der Waals surface area contributed by atoms with Gasteiger partial charge in [0, 0.05) is 24.4 Å². The zero-order valence-corrected chi connectivity index (χ0v) is 31.6. The van der Waals surface area contributed by atoms with Crippen LogP contribution in [0, 0.1) is 17.8 Å². The van der Waals surface area contributed by atoms with E-state index in [0.29, 0.717) is 42.5 Å². The van der Waals surface area contributed by atoms with Crippen LogP contribution in [0.1, 0.15) is 96.8 Å². The first-order valence-electron chi connectivity index (χ1n) is 19.9. The van der Waals surface area contributed by atoms with Crippen molar-refractivity contribution in [3.05, 3.63) is 40.7 Å². The Balaban J connectivity index is 1.12. The molecule has 15 heteroatoms. The zero-order chi connectivity index (χ0) is 37.8. The van der Waals surface area contributed by atoms with Crippen LogP contribution in [0.15, 0.2) is 35.1 Å². The van der Waals surface area contributed by atoms with E-state index in [0.717, 1.165) is 57.8 Å². The second kappa shape index (κ2) is 14.5. The van der Waals surface area contributed by atoms with Gasteiger partial charge in [0.25, 0.3) is 11.5 Å². The Morgan fingerprint density at radius 2 is 1.69 bits per heavy atom. The van der Waals surface area contributed by atoms with Crippen molar-refractivity contribution in [2.75, 3.05) is 6.54 Å². The normalized spacial score (nSPS) is 31.9. The van der Waals surface area contributed by atoms with Crippen molar-refractivity contribution >= 4 is 44.6 Å². The summed E-state index contributed by atoms with van der Waals surface area (Å²) < 4.78 is 41.8. The largest absolute Gasteiger partial charge is 0.473 e. The van der Waals surface area contributed by atoms with E-state index in [1.807, 2.05) is 31.2 Å². The van der Waals surface area contributed by atoms with Crippen LogP contribution in [-0.2, 0) is 35.7 Å². The van der Waals surface area contributed by atoms with E-state index in [2.05, 4.69) is 15.4 Å². The van der Waals surface area contributed by atoms with Gasteiger partial charge in [-0.15, -0.1) is 0 Å². The number of alkyl carbamates (subject to hydrolysis) is 1. The van der Waals surface area contributed by atoms with Gasteiger partial charge in [0.15, 0.2) is 5.88 Å². The fraction of sp³-hybridized carbons (Fsp3) is 0.667. The summed E-state index contributed by atoms with van der Waals surface area (Å²) in [5, 5.41) is 6.46. The molecular weight excluding hydrogens is 715 g/mol. The van der Waals surface area contributed by atoms with Gasteiger partial charge in [0.1, 0.15) is 29.8 Å². The van der Waals surface area contributed by atoms with Crippen LogP contribution >= 0.6 is 0 Å². The van der Waals surface area contributed by atoms with Gasteiger partial charge in [-0.25, -0.2) is 13.2 Å². The number of aromatic nitrogens is 1. The highest BCUT2D eigenvalue weighted by Crippen LogP contribution is 2.47. The van der Waals surface area contributed by atoms with Gasteiger partial charge < -0.3 is 25.0 Å². The SMILES string of the molecule is CC[C@@H]1C[C@]1(NC(=O)[C@@H]1C[C@@H]2CN1C(=O)[C@H](C1CCCC1)NC(=O)O[C@H]1C[C@@H]1CCCCCn1c(cc3ccccc3c1=O)O2)C(=O)NS(=O)(=O)C1CC1. The second-order valence-electron chi connectivity index (χ2n) is 16.4. The fourth-order valence-electron chi connectivity index (χ4n) is 9.09. The van der Waals surface area contributed by atoms with E-state index >= 15 is 0 Å². The van der Waals surface area contributed by atoms with Crippen molar-refractivity contribution in [2.24, 2.45) is 17.8 Å². The first-order valence-corrected chi connectivity index (χ1v) is 21.5. The molecule has 5 fully saturated rings. The van der Waals surface area contributed by atoms with E-state index in [-0.39, 0.29) is 48.8 Å². The molecule has 7 atom stereocenters. The molecule has 1 aromatic heterocycles. The monoisotopic (exact) mass is 765 g/mol. The molecule has 4 aliphatic carbocycles. The van der Waals surface area contributed by atoms with Crippen LogP contribution in [0.5, 0.6) is 5.88 Å². The number of fused-ring (bicyclic) bond motifs is 5. The molecule has 54 heavy (non-hydrogen) atoms. The lowest BCUT2D eigenvalue weighted by Gasteiger charge is -2.32. The first kappa shape index (κ1) is 36.8. The van der Waals surface area contributed by atoms with Crippen LogP contribution in [0.3, 0.4) is 0 Å². The average molecular weight is 766 g/mol. The summed E-state index contributed by atoms with van der Waals surface area (Å²) >= 11 is 0. The van der Waals surface area contributed by atoms with E-state index in [9.17, 15) is 32.4 Å². The molecule has 0 radical (unpaired) electrons. The Kier molecular flexibility index (Phi) is 9.88. The van der Waals surface area contributed by atoms with Crippen molar-refractivity contribution in [2.45, 2.75) is 138 Å². The smallest absolute Gasteiger partial charge is 0.408 e. The number of carbonyl (C=O) groups is 4. The first-order chi connectivity index (χ1) is 26.0. The maximum atomic E-state index is 14.7. The minimum Gasteiger partial charge on any atom is -0.473 e. The van der Waals surface area contributed by atoms with Gasteiger partial charge in [-0.05, 0) is 80.6 Å². The Morgan fingerprint density at radius 3 is 2.43 bits per heavy atom. The van der Waals surface area contributed by atoms with Crippen molar-refractivity contribution in [3.8, 4) is 5.88 Å². The highest BCUT2D eigenvalue weighted by Gasteiger charge is 2.62. The molecule has 0 unspecified atom stereocenters. The summed E-state index contributed by atoms with van der Waals surface area (Å²) in [6, 6.07) is 7.12. The molecular formula is C39H51N5O9S. The number of sulfonamides is 1. The molecule has 2 aromatic rings. The average Bonchev–Trinajstić information content (AvgIpc) is 4.11. The maximum absolute atomic E-state index is 14.7. The van der Waals surface area contributed by atoms with Gasteiger partial charge >= 0.3 is 6.09 Å². The predicted octanol–water partition coefficient (Wildman–Crippen LogP) is 3.49. The standard InChI is InChI=1S/C39H51N5O9S/c1-2-26-21-39(26,37(48)42-54(50,51)28-15-16-28)41-34(45)30-20-27-22-44(30)36(47)33(23-10-5-6-11-23)40-38(49)53-31-18-25(31)13-4-3-9-17-43-32(52-27)19-24-12-7-8-14-29(24)35(43)46/h7-8,12,14,19,23,25-28,30-31,33H,2-6,9-11,13,15-18,20-22H2,1H3,(H,40,49)(H,41,45)(H,42,48)/t25-,26+,27+,30-,31-,33-,39+/m0/s1. The third kappa shape index (κ3) is 7.32. The zero-order valence-electron chi connectivity index (χ0n) is 30.8. The summed E-state index contributed by atoms with van der Waals surface area (Å²) in [6.45, 7) is 2.30. The Morgan fingerprint density at radius 1 is 0.944 bits per heavy atom. The summed E-state index contributed by atoms with van der Waals surface area (Å²) in [4.78, 5) is 71.3. The van der Waals surface area contributed by atoms with E-state index in [1.54, 1.807) is 10.6 Å². The number of hydrogen-bond donors (Lipinski definition) is 3.